The molecule has 1 aliphatic rings. The molecule has 7 heteroatoms. The minimum atomic E-state index is -0.453. The highest BCUT2D eigenvalue weighted by Gasteiger charge is 2.32. The number of carbonyl (C=O) groups is 1. The number of aromatic nitrogens is 2. The van der Waals surface area contributed by atoms with Crippen LogP contribution in [0.2, 0.25) is 0 Å². The first-order chi connectivity index (χ1) is 8.97. The van der Waals surface area contributed by atoms with Gasteiger partial charge in [-0.15, -0.1) is 0 Å². The minimum Gasteiger partial charge on any atom is -0.383 e. The fourth-order valence-electron chi connectivity index (χ4n) is 2.12. The Balaban J connectivity index is 2.06. The van der Waals surface area contributed by atoms with E-state index in [1.807, 2.05) is 14.1 Å². The van der Waals surface area contributed by atoms with Crippen LogP contribution in [0.5, 0.6) is 0 Å². The molecule has 0 aromatic carbocycles. The summed E-state index contributed by atoms with van der Waals surface area (Å²) in [6.07, 6.45) is 1.91. The average Bonchev–Trinajstić information content (AvgIpc) is 2.77. The molecule has 0 aliphatic carbocycles. The van der Waals surface area contributed by atoms with Gasteiger partial charge in [0.25, 0.3) is 0 Å². The Bertz CT molecular complexity index is 526. The molecule has 0 spiro atoms. The third kappa shape index (κ3) is 3.18. The Morgan fingerprint density at radius 2 is 2.32 bits per heavy atom. The summed E-state index contributed by atoms with van der Waals surface area (Å²) in [6, 6.07) is 1.54. The lowest BCUT2D eigenvalue weighted by atomic mass is 10.1. The zero-order valence-corrected chi connectivity index (χ0v) is 11.1. The molecular formula is C12H18N4O3. The molecule has 0 radical (unpaired) electrons. The molecule has 0 unspecified atom stereocenters. The second-order valence-electron chi connectivity index (χ2n) is 4.90. The number of nitrogen functional groups attached to an aromatic ring is 1. The van der Waals surface area contributed by atoms with Gasteiger partial charge in [-0.05, 0) is 33.0 Å². The minimum absolute atomic E-state index is 0.0314. The Morgan fingerprint density at radius 3 is 2.95 bits per heavy atom. The lowest BCUT2D eigenvalue weighted by Gasteiger charge is -2.16. The molecule has 2 heterocycles. The van der Waals surface area contributed by atoms with Crippen LogP contribution in [0.15, 0.2) is 17.1 Å². The number of rotatable bonds is 4. The van der Waals surface area contributed by atoms with E-state index < -0.39 is 18.0 Å². The van der Waals surface area contributed by atoms with E-state index in [9.17, 15) is 9.59 Å². The van der Waals surface area contributed by atoms with Gasteiger partial charge in [-0.2, -0.15) is 4.98 Å². The molecule has 7 nitrogen and oxygen atoms in total. The van der Waals surface area contributed by atoms with Crippen LogP contribution in [0.3, 0.4) is 0 Å². The van der Waals surface area contributed by atoms with Gasteiger partial charge in [0.1, 0.15) is 18.1 Å². The van der Waals surface area contributed by atoms with E-state index >= 15 is 0 Å². The largest absolute Gasteiger partial charge is 0.383 e. The molecule has 2 atom stereocenters. The van der Waals surface area contributed by atoms with Gasteiger partial charge in [-0.1, -0.05) is 0 Å². The van der Waals surface area contributed by atoms with Crippen LogP contribution < -0.4 is 11.4 Å². The summed E-state index contributed by atoms with van der Waals surface area (Å²) in [5.74, 6) is 0.212. The molecule has 2 rings (SSSR count). The number of nitrogens with zero attached hydrogens (tertiary/aromatic N) is 3. The summed E-state index contributed by atoms with van der Waals surface area (Å²) in [7, 11) is 3.66. The molecule has 1 saturated heterocycles. The van der Waals surface area contributed by atoms with Gasteiger partial charge in [-0.3, -0.25) is 9.36 Å². The van der Waals surface area contributed by atoms with Gasteiger partial charge >= 0.3 is 5.69 Å². The first-order valence-corrected chi connectivity index (χ1v) is 6.15. The number of hydrogen-bond donors (Lipinski definition) is 1. The monoisotopic (exact) mass is 266 g/mol. The Kier molecular flexibility index (Phi) is 3.96. The van der Waals surface area contributed by atoms with E-state index in [1.165, 1.54) is 4.57 Å². The van der Waals surface area contributed by atoms with E-state index in [0.717, 1.165) is 0 Å². The van der Waals surface area contributed by atoms with Crippen LogP contribution >= 0.6 is 0 Å². The van der Waals surface area contributed by atoms with Crippen molar-refractivity contribution in [2.45, 2.75) is 25.2 Å². The van der Waals surface area contributed by atoms with E-state index in [0.29, 0.717) is 19.4 Å². The summed E-state index contributed by atoms with van der Waals surface area (Å²) >= 11 is 0. The highest BCUT2D eigenvalue weighted by Crippen LogP contribution is 2.27. The number of Topliss-reactive ketones (excluding diaryl/α,β-unsaturated/α-hetero) is 1. The van der Waals surface area contributed by atoms with Crippen LogP contribution in [0.4, 0.5) is 5.82 Å². The fraction of sp³-hybridized carbons (Fsp3) is 0.583. The molecule has 2 N–H and O–H groups in total. The maximum Gasteiger partial charge on any atom is 0.351 e. The van der Waals surface area contributed by atoms with Gasteiger partial charge in [-0.25, -0.2) is 4.79 Å². The molecule has 1 aromatic heterocycles. The first kappa shape index (κ1) is 13.7. The number of likely N-dealkylation sites (N-methyl/N-ethyl adjacent to an activating group) is 1. The summed E-state index contributed by atoms with van der Waals surface area (Å²) in [4.78, 5) is 29.0. The van der Waals surface area contributed by atoms with E-state index in [-0.39, 0.29) is 11.6 Å². The van der Waals surface area contributed by atoms with Crippen molar-refractivity contribution in [2.24, 2.45) is 0 Å². The maximum absolute atomic E-state index is 11.9. The van der Waals surface area contributed by atoms with Crippen LogP contribution in [-0.4, -0.2) is 47.0 Å². The zero-order valence-electron chi connectivity index (χ0n) is 11.1. The normalized spacial score (nSPS) is 22.9. The van der Waals surface area contributed by atoms with E-state index in [4.69, 9.17) is 10.5 Å². The quantitative estimate of drug-likeness (QED) is 0.800. The molecule has 1 fully saturated rings. The first-order valence-electron chi connectivity index (χ1n) is 6.15. The highest BCUT2D eigenvalue weighted by atomic mass is 16.5. The van der Waals surface area contributed by atoms with Crippen LogP contribution in [0, 0.1) is 0 Å². The molecule has 1 aromatic rings. The Morgan fingerprint density at radius 1 is 1.58 bits per heavy atom. The second kappa shape index (κ2) is 5.50. The van der Waals surface area contributed by atoms with Crippen molar-refractivity contribution < 1.29 is 9.53 Å². The molecule has 0 amide bonds. The molecule has 19 heavy (non-hydrogen) atoms. The predicted molar refractivity (Wildman–Crippen MR) is 69.6 cm³/mol. The molecule has 0 saturated carbocycles. The van der Waals surface area contributed by atoms with Crippen molar-refractivity contribution in [3.8, 4) is 0 Å². The number of ether oxygens (including phenoxy) is 1. The fourth-order valence-corrected chi connectivity index (χ4v) is 2.12. The maximum atomic E-state index is 11.9. The Labute approximate surface area is 111 Å². The van der Waals surface area contributed by atoms with Crippen molar-refractivity contribution in [3.05, 3.63) is 22.7 Å². The molecule has 104 valence electrons. The van der Waals surface area contributed by atoms with Crippen molar-refractivity contribution >= 4 is 11.6 Å². The van der Waals surface area contributed by atoms with Crippen molar-refractivity contribution in [2.75, 3.05) is 26.4 Å². The number of nitrogens with two attached hydrogens (primary N) is 1. The Hall–Kier alpha value is -1.73. The predicted octanol–water partition coefficient (Wildman–Crippen LogP) is -0.366. The third-order valence-electron chi connectivity index (χ3n) is 2.99. The van der Waals surface area contributed by atoms with Crippen molar-refractivity contribution in [3.63, 3.8) is 0 Å². The summed E-state index contributed by atoms with van der Waals surface area (Å²) < 4.78 is 7.01. The van der Waals surface area contributed by atoms with Crippen LogP contribution in [-0.2, 0) is 9.53 Å². The SMILES string of the molecule is CN(C)CC(=O)[C@@H]1CC[C@H](n2ccc(N)nc2=O)O1. The zero-order chi connectivity index (χ0) is 14.0. The van der Waals surface area contributed by atoms with Gasteiger partial charge in [0.15, 0.2) is 5.78 Å². The topological polar surface area (TPSA) is 90.5 Å². The number of anilines is 1. The lowest BCUT2D eigenvalue weighted by molar-refractivity contribution is -0.132. The standard InChI is InChI=1S/C12H18N4O3/c1-15(2)7-8(17)9-3-4-11(19-9)16-6-5-10(13)14-12(16)18/h5-6,9,11H,3-4,7H2,1-2H3,(H2,13,14,18)/t9-,11+/m0/s1. The van der Waals surface area contributed by atoms with Crippen molar-refractivity contribution in [1.29, 1.82) is 0 Å². The number of ketones is 1. The number of carbonyl (C=O) groups excluding carboxylic acids is 1. The smallest absolute Gasteiger partial charge is 0.351 e. The summed E-state index contributed by atoms with van der Waals surface area (Å²) in [6.45, 7) is 0.340. The summed E-state index contributed by atoms with van der Waals surface area (Å²) in [5.41, 5.74) is 4.98. The average molecular weight is 266 g/mol. The van der Waals surface area contributed by atoms with Crippen molar-refractivity contribution in [1.82, 2.24) is 14.5 Å². The second-order valence-corrected chi connectivity index (χ2v) is 4.90. The van der Waals surface area contributed by atoms with Crippen LogP contribution in [0.1, 0.15) is 19.1 Å². The molecular weight excluding hydrogens is 248 g/mol. The lowest BCUT2D eigenvalue weighted by Crippen LogP contribution is -2.32. The third-order valence-corrected chi connectivity index (χ3v) is 2.99. The van der Waals surface area contributed by atoms with Gasteiger partial charge in [0.2, 0.25) is 0 Å². The van der Waals surface area contributed by atoms with Gasteiger partial charge < -0.3 is 15.4 Å². The van der Waals surface area contributed by atoms with Crippen LogP contribution in [0.25, 0.3) is 0 Å². The molecule has 0 bridgehead atoms. The van der Waals surface area contributed by atoms with E-state index in [1.54, 1.807) is 17.2 Å². The highest BCUT2D eigenvalue weighted by molar-refractivity contribution is 5.85. The number of hydrogen-bond acceptors (Lipinski definition) is 6. The van der Waals surface area contributed by atoms with Gasteiger partial charge in [0, 0.05) is 6.20 Å². The van der Waals surface area contributed by atoms with E-state index in [2.05, 4.69) is 4.98 Å². The van der Waals surface area contributed by atoms with Gasteiger partial charge in [0.05, 0.1) is 6.54 Å². The summed E-state index contributed by atoms with van der Waals surface area (Å²) in [5, 5.41) is 0. The molecule has 1 aliphatic heterocycles.